The van der Waals surface area contributed by atoms with Crippen molar-refractivity contribution in [2.45, 2.75) is 50.5 Å². The Morgan fingerprint density at radius 3 is 2.38 bits per heavy atom. The Hall–Kier alpha value is -0.0700. The number of halogens is 2. The van der Waals surface area contributed by atoms with E-state index in [1.807, 2.05) is 0 Å². The Morgan fingerprint density at radius 2 is 1.75 bits per heavy atom. The van der Waals surface area contributed by atoms with Gasteiger partial charge in [-0.3, -0.25) is 9.69 Å². The molecule has 1 aliphatic carbocycles. The number of carbonyl (C=O) groups excluding carboxylic acids is 1. The van der Waals surface area contributed by atoms with E-state index in [1.165, 1.54) is 45.2 Å². The predicted molar refractivity (Wildman–Crippen MR) is 101 cm³/mol. The molecule has 0 spiro atoms. The van der Waals surface area contributed by atoms with Crippen LogP contribution in [0.25, 0.3) is 0 Å². The Balaban J connectivity index is 0.00000144. The third-order valence-corrected chi connectivity index (χ3v) is 5.48. The monoisotopic (exact) mass is 381 g/mol. The number of hydrogen-bond donors (Lipinski definition) is 2. The minimum absolute atomic E-state index is 0. The van der Waals surface area contributed by atoms with Crippen LogP contribution in [0.4, 0.5) is 0 Å². The summed E-state index contributed by atoms with van der Waals surface area (Å²) in [6, 6.07) is 0. The highest BCUT2D eigenvalue weighted by molar-refractivity contribution is 5.85. The molecule has 0 unspecified atom stereocenters. The Kier molecular flexibility index (Phi) is 9.90. The summed E-state index contributed by atoms with van der Waals surface area (Å²) in [5.74, 6) is 0.964. The SMILES string of the molecule is Cl.Cl.O=C(CNCC1CC1)NCC1(N2CCCCC2)CCOCC1. The van der Waals surface area contributed by atoms with Crippen LogP contribution in [0.15, 0.2) is 0 Å². The summed E-state index contributed by atoms with van der Waals surface area (Å²) >= 11 is 0. The van der Waals surface area contributed by atoms with Gasteiger partial charge >= 0.3 is 0 Å². The average Bonchev–Trinajstić information content (AvgIpc) is 3.39. The molecule has 0 bridgehead atoms. The van der Waals surface area contributed by atoms with Crippen molar-refractivity contribution < 1.29 is 9.53 Å². The lowest BCUT2D eigenvalue weighted by molar-refractivity contribution is -0.121. The van der Waals surface area contributed by atoms with Gasteiger partial charge in [0.25, 0.3) is 0 Å². The summed E-state index contributed by atoms with van der Waals surface area (Å²) in [6.45, 7) is 6.24. The number of piperidine rings is 1. The third kappa shape index (κ3) is 6.34. The van der Waals surface area contributed by atoms with Crippen molar-refractivity contribution in [2.24, 2.45) is 5.92 Å². The van der Waals surface area contributed by atoms with Gasteiger partial charge in [0, 0.05) is 25.3 Å². The van der Waals surface area contributed by atoms with Crippen LogP contribution in [0.1, 0.15) is 44.9 Å². The summed E-state index contributed by atoms with van der Waals surface area (Å²) < 4.78 is 5.57. The van der Waals surface area contributed by atoms with E-state index in [9.17, 15) is 4.79 Å². The molecule has 0 aromatic carbocycles. The fraction of sp³-hybridized carbons (Fsp3) is 0.941. The lowest BCUT2D eigenvalue weighted by atomic mass is 9.86. The van der Waals surface area contributed by atoms with Gasteiger partial charge in [0.05, 0.1) is 6.54 Å². The number of carbonyl (C=O) groups is 1. The highest BCUT2D eigenvalue weighted by Gasteiger charge is 2.39. The summed E-state index contributed by atoms with van der Waals surface area (Å²) in [6.07, 6.45) is 8.67. The maximum absolute atomic E-state index is 12.1. The van der Waals surface area contributed by atoms with E-state index in [4.69, 9.17) is 4.74 Å². The molecule has 142 valence electrons. The average molecular weight is 382 g/mol. The molecule has 0 atom stereocenters. The number of likely N-dealkylation sites (tertiary alicyclic amines) is 1. The standard InChI is InChI=1S/C17H31N3O2.2ClH/c21-16(13-18-12-15-4-5-15)19-14-17(6-10-22-11-7-17)20-8-2-1-3-9-20;;/h15,18H,1-14H2,(H,19,21);2*1H. The van der Waals surface area contributed by atoms with Gasteiger partial charge in [0.1, 0.15) is 0 Å². The van der Waals surface area contributed by atoms with Crippen LogP contribution in [-0.2, 0) is 9.53 Å². The maximum atomic E-state index is 12.1. The Bertz CT molecular complexity index is 369. The smallest absolute Gasteiger partial charge is 0.234 e. The number of nitrogens with one attached hydrogen (secondary N) is 2. The summed E-state index contributed by atoms with van der Waals surface area (Å²) in [4.78, 5) is 14.7. The van der Waals surface area contributed by atoms with E-state index in [1.54, 1.807) is 0 Å². The van der Waals surface area contributed by atoms with Crippen LogP contribution in [0, 0.1) is 5.92 Å². The fourth-order valence-electron chi connectivity index (χ4n) is 3.76. The number of rotatable bonds is 7. The quantitative estimate of drug-likeness (QED) is 0.707. The van der Waals surface area contributed by atoms with Crippen molar-refractivity contribution in [3.8, 4) is 0 Å². The van der Waals surface area contributed by atoms with Crippen LogP contribution >= 0.6 is 24.8 Å². The molecule has 3 rings (SSSR count). The van der Waals surface area contributed by atoms with E-state index in [0.29, 0.717) is 6.54 Å². The van der Waals surface area contributed by atoms with Gasteiger partial charge < -0.3 is 15.4 Å². The fourth-order valence-corrected chi connectivity index (χ4v) is 3.76. The molecule has 0 aromatic heterocycles. The lowest BCUT2D eigenvalue weighted by Crippen LogP contribution is -2.60. The van der Waals surface area contributed by atoms with E-state index in [-0.39, 0.29) is 36.3 Å². The Morgan fingerprint density at radius 1 is 1.08 bits per heavy atom. The zero-order chi connectivity index (χ0) is 15.3. The van der Waals surface area contributed by atoms with Crippen molar-refractivity contribution in [1.82, 2.24) is 15.5 Å². The van der Waals surface area contributed by atoms with Gasteiger partial charge in [-0.1, -0.05) is 6.42 Å². The van der Waals surface area contributed by atoms with Gasteiger partial charge in [-0.05, 0) is 64.1 Å². The number of amides is 1. The number of hydrogen-bond acceptors (Lipinski definition) is 4. The van der Waals surface area contributed by atoms with Crippen LogP contribution < -0.4 is 10.6 Å². The Labute approximate surface area is 158 Å². The van der Waals surface area contributed by atoms with Gasteiger partial charge in [-0.25, -0.2) is 0 Å². The molecule has 1 amide bonds. The molecule has 2 aliphatic heterocycles. The second kappa shape index (κ2) is 10.8. The van der Waals surface area contributed by atoms with Gasteiger partial charge in [-0.2, -0.15) is 0 Å². The first-order valence-electron chi connectivity index (χ1n) is 9.09. The van der Waals surface area contributed by atoms with Crippen molar-refractivity contribution in [1.29, 1.82) is 0 Å². The topological polar surface area (TPSA) is 53.6 Å². The first kappa shape index (κ1) is 22.0. The third-order valence-electron chi connectivity index (χ3n) is 5.48. The molecule has 24 heavy (non-hydrogen) atoms. The van der Waals surface area contributed by atoms with Crippen molar-refractivity contribution in [3.63, 3.8) is 0 Å². The molecular formula is C17H33Cl2N3O2. The molecule has 1 saturated carbocycles. The minimum atomic E-state index is 0. The molecule has 3 aliphatic rings. The molecule has 7 heteroatoms. The van der Waals surface area contributed by atoms with Crippen LogP contribution in [-0.4, -0.2) is 62.3 Å². The van der Waals surface area contributed by atoms with Gasteiger partial charge in [-0.15, -0.1) is 24.8 Å². The second-order valence-corrected chi connectivity index (χ2v) is 7.24. The van der Waals surface area contributed by atoms with Crippen molar-refractivity contribution in [2.75, 3.05) is 45.9 Å². The summed E-state index contributed by atoms with van der Waals surface area (Å²) in [5.41, 5.74) is 0.130. The number of nitrogens with zero attached hydrogens (tertiary/aromatic N) is 1. The van der Waals surface area contributed by atoms with Crippen molar-refractivity contribution >= 4 is 30.7 Å². The van der Waals surface area contributed by atoms with E-state index in [2.05, 4.69) is 15.5 Å². The largest absolute Gasteiger partial charge is 0.381 e. The zero-order valence-electron chi connectivity index (χ0n) is 14.6. The maximum Gasteiger partial charge on any atom is 0.234 e. The van der Waals surface area contributed by atoms with Gasteiger partial charge in [0.2, 0.25) is 5.91 Å². The van der Waals surface area contributed by atoms with Gasteiger partial charge in [0.15, 0.2) is 0 Å². The first-order valence-corrected chi connectivity index (χ1v) is 9.09. The summed E-state index contributed by atoms with van der Waals surface area (Å²) in [7, 11) is 0. The molecular weight excluding hydrogens is 349 g/mol. The van der Waals surface area contributed by atoms with E-state index < -0.39 is 0 Å². The first-order chi connectivity index (χ1) is 10.8. The molecule has 5 nitrogen and oxygen atoms in total. The number of ether oxygens (including phenoxy) is 1. The lowest BCUT2D eigenvalue weighted by Gasteiger charge is -2.48. The highest BCUT2D eigenvalue weighted by atomic mass is 35.5. The predicted octanol–water partition coefficient (Wildman–Crippen LogP) is 1.98. The van der Waals surface area contributed by atoms with Crippen LogP contribution in [0.5, 0.6) is 0 Å². The molecule has 0 aromatic rings. The molecule has 2 heterocycles. The second-order valence-electron chi connectivity index (χ2n) is 7.24. The zero-order valence-corrected chi connectivity index (χ0v) is 16.2. The van der Waals surface area contributed by atoms with E-state index >= 15 is 0 Å². The molecule has 2 N–H and O–H groups in total. The summed E-state index contributed by atoms with van der Waals surface area (Å²) in [5, 5.41) is 6.46. The van der Waals surface area contributed by atoms with Crippen LogP contribution in [0.2, 0.25) is 0 Å². The minimum Gasteiger partial charge on any atom is -0.381 e. The molecule has 2 saturated heterocycles. The molecule has 0 radical (unpaired) electrons. The van der Waals surface area contributed by atoms with Crippen LogP contribution in [0.3, 0.4) is 0 Å². The van der Waals surface area contributed by atoms with Crippen molar-refractivity contribution in [3.05, 3.63) is 0 Å². The highest BCUT2D eigenvalue weighted by Crippen LogP contribution is 2.30. The molecule has 3 fully saturated rings. The van der Waals surface area contributed by atoms with E-state index in [0.717, 1.165) is 45.1 Å². The normalized spacial score (nSPS) is 23.7.